The number of benzene rings is 1. The van der Waals surface area contributed by atoms with E-state index in [1.54, 1.807) is 6.92 Å². The average Bonchev–Trinajstić information content (AvgIpc) is 2.33. The zero-order chi connectivity index (χ0) is 14.9. The quantitative estimate of drug-likeness (QED) is 0.636. The molecule has 0 saturated carbocycles. The zero-order valence-corrected chi connectivity index (χ0v) is 10.6. The van der Waals surface area contributed by atoms with Gasteiger partial charge >= 0.3 is 11.8 Å². The number of hydrogen-bond donors (Lipinski definition) is 0. The molecule has 0 aliphatic heterocycles. The summed E-state index contributed by atoms with van der Waals surface area (Å²) in [6, 6.07) is 4.31. The van der Waals surface area contributed by atoms with Gasteiger partial charge < -0.3 is 9.15 Å². The molecule has 0 amide bonds. The maximum Gasteiger partial charge on any atom is 0.417 e. The van der Waals surface area contributed by atoms with E-state index in [4.69, 9.17) is 9.15 Å². The van der Waals surface area contributed by atoms with Crippen LogP contribution in [0.5, 0.6) is 5.75 Å². The van der Waals surface area contributed by atoms with Crippen molar-refractivity contribution in [3.05, 3.63) is 52.4 Å². The summed E-state index contributed by atoms with van der Waals surface area (Å²) >= 11 is 0. The van der Waals surface area contributed by atoms with Gasteiger partial charge in [0.15, 0.2) is 0 Å². The highest BCUT2D eigenvalue weighted by Gasteiger charge is 2.33. The predicted molar refractivity (Wildman–Crippen MR) is 67.8 cm³/mol. The molecule has 0 N–H and O–H groups in total. The van der Waals surface area contributed by atoms with E-state index in [9.17, 15) is 18.0 Å². The fraction of sp³-hybridized carbons (Fsp3) is 0.214. The molecule has 0 radical (unpaired) electrons. The molecule has 0 aliphatic carbocycles. The Bertz CT molecular complexity index is 714. The van der Waals surface area contributed by atoms with Gasteiger partial charge in [0.1, 0.15) is 17.9 Å². The van der Waals surface area contributed by atoms with Gasteiger partial charge in [0, 0.05) is 17.5 Å². The molecule has 0 fully saturated rings. The smallest absolute Gasteiger partial charge is 0.417 e. The minimum absolute atomic E-state index is 0.163. The number of rotatable bonds is 3. The van der Waals surface area contributed by atoms with E-state index in [2.05, 4.69) is 6.58 Å². The molecule has 3 nitrogen and oxygen atoms in total. The Morgan fingerprint density at radius 3 is 2.65 bits per heavy atom. The molecule has 0 saturated heterocycles. The van der Waals surface area contributed by atoms with E-state index in [-0.39, 0.29) is 17.6 Å². The van der Waals surface area contributed by atoms with Crippen molar-refractivity contribution in [2.24, 2.45) is 0 Å². The number of fused-ring (bicyclic) bond motifs is 1. The summed E-state index contributed by atoms with van der Waals surface area (Å²) in [7, 11) is 0. The van der Waals surface area contributed by atoms with Gasteiger partial charge in [-0.1, -0.05) is 6.58 Å². The van der Waals surface area contributed by atoms with Crippen LogP contribution in [0.15, 0.2) is 45.6 Å². The summed E-state index contributed by atoms with van der Waals surface area (Å²) < 4.78 is 48.6. The number of halogens is 3. The second kappa shape index (κ2) is 5.03. The van der Waals surface area contributed by atoms with Crippen molar-refractivity contribution in [3.8, 4) is 5.75 Å². The molecule has 6 heteroatoms. The SMILES string of the molecule is C=C(C)COc1ccc2c(C(F)(F)F)cc(=O)oc2c1. The minimum atomic E-state index is -4.62. The third-order valence-corrected chi connectivity index (χ3v) is 2.51. The molecule has 1 aromatic carbocycles. The van der Waals surface area contributed by atoms with Crippen molar-refractivity contribution in [1.82, 2.24) is 0 Å². The number of ether oxygens (including phenoxy) is 1. The average molecular weight is 284 g/mol. The molecular weight excluding hydrogens is 273 g/mol. The topological polar surface area (TPSA) is 39.4 Å². The lowest BCUT2D eigenvalue weighted by Crippen LogP contribution is -2.11. The molecule has 0 aliphatic rings. The van der Waals surface area contributed by atoms with Gasteiger partial charge in [0.2, 0.25) is 0 Å². The van der Waals surface area contributed by atoms with Crippen LogP contribution in [0.4, 0.5) is 13.2 Å². The third-order valence-electron chi connectivity index (χ3n) is 2.51. The summed E-state index contributed by atoms with van der Waals surface area (Å²) in [5, 5.41) is -0.181. The standard InChI is InChI=1S/C14H11F3O3/c1-8(2)7-19-9-3-4-10-11(14(15,16)17)6-13(18)20-12(10)5-9/h3-6H,1,7H2,2H3. The van der Waals surface area contributed by atoms with Crippen LogP contribution in [-0.4, -0.2) is 6.61 Å². The summed E-state index contributed by atoms with van der Waals surface area (Å²) in [4.78, 5) is 11.2. The van der Waals surface area contributed by atoms with Gasteiger partial charge in [-0.2, -0.15) is 13.2 Å². The maximum absolute atomic E-state index is 12.8. The minimum Gasteiger partial charge on any atom is -0.489 e. The van der Waals surface area contributed by atoms with E-state index < -0.39 is 17.4 Å². The van der Waals surface area contributed by atoms with Crippen molar-refractivity contribution < 1.29 is 22.3 Å². The van der Waals surface area contributed by atoms with Crippen LogP contribution in [0.2, 0.25) is 0 Å². The maximum atomic E-state index is 12.8. The van der Waals surface area contributed by atoms with Crippen LogP contribution < -0.4 is 10.4 Å². The third kappa shape index (κ3) is 3.01. The van der Waals surface area contributed by atoms with Crippen LogP contribution in [0.3, 0.4) is 0 Å². The molecule has 2 rings (SSSR count). The monoisotopic (exact) mass is 284 g/mol. The number of alkyl halides is 3. The second-order valence-electron chi connectivity index (χ2n) is 4.38. The Kier molecular flexibility index (Phi) is 3.57. The molecule has 1 heterocycles. The van der Waals surface area contributed by atoms with E-state index in [1.807, 2.05) is 0 Å². The van der Waals surface area contributed by atoms with Crippen molar-refractivity contribution in [2.45, 2.75) is 13.1 Å². The molecule has 0 spiro atoms. The van der Waals surface area contributed by atoms with Crippen molar-refractivity contribution in [3.63, 3.8) is 0 Å². The van der Waals surface area contributed by atoms with Gasteiger partial charge in [-0.3, -0.25) is 0 Å². The molecule has 2 aromatic rings. The predicted octanol–water partition coefficient (Wildman–Crippen LogP) is 3.77. The zero-order valence-electron chi connectivity index (χ0n) is 10.6. The second-order valence-corrected chi connectivity index (χ2v) is 4.38. The highest BCUT2D eigenvalue weighted by molar-refractivity contribution is 5.82. The van der Waals surface area contributed by atoms with Crippen LogP contribution in [0, 0.1) is 0 Å². The first-order valence-electron chi connectivity index (χ1n) is 5.69. The highest BCUT2D eigenvalue weighted by atomic mass is 19.4. The summed E-state index contributed by atoms with van der Waals surface area (Å²) in [5.41, 5.74) is -1.48. The van der Waals surface area contributed by atoms with E-state index in [0.717, 1.165) is 5.57 Å². The van der Waals surface area contributed by atoms with Crippen LogP contribution in [0.1, 0.15) is 12.5 Å². The molecule has 0 atom stereocenters. The fourth-order valence-electron chi connectivity index (χ4n) is 1.67. The molecule has 1 aromatic heterocycles. The van der Waals surface area contributed by atoms with Crippen molar-refractivity contribution in [1.29, 1.82) is 0 Å². The normalized spacial score (nSPS) is 11.6. The van der Waals surface area contributed by atoms with Crippen molar-refractivity contribution >= 4 is 11.0 Å². The largest absolute Gasteiger partial charge is 0.489 e. The van der Waals surface area contributed by atoms with Gasteiger partial charge in [-0.15, -0.1) is 0 Å². The first-order chi connectivity index (χ1) is 9.27. The van der Waals surface area contributed by atoms with Gasteiger partial charge in [-0.25, -0.2) is 4.79 Å². The molecule has 0 bridgehead atoms. The summed E-state index contributed by atoms with van der Waals surface area (Å²) in [6.45, 7) is 5.63. The Balaban J connectivity index is 2.54. The van der Waals surface area contributed by atoms with Gasteiger partial charge in [-0.05, 0) is 24.6 Å². The van der Waals surface area contributed by atoms with Crippen LogP contribution in [0.25, 0.3) is 11.0 Å². The molecular formula is C14H11F3O3. The van der Waals surface area contributed by atoms with E-state index in [0.29, 0.717) is 11.8 Å². The van der Waals surface area contributed by atoms with Gasteiger partial charge in [0.05, 0.1) is 5.56 Å². The Morgan fingerprint density at radius 1 is 1.35 bits per heavy atom. The first-order valence-corrected chi connectivity index (χ1v) is 5.69. The lowest BCUT2D eigenvalue weighted by atomic mass is 10.1. The molecule has 20 heavy (non-hydrogen) atoms. The van der Waals surface area contributed by atoms with Crippen molar-refractivity contribution in [2.75, 3.05) is 6.61 Å². The highest BCUT2D eigenvalue weighted by Crippen LogP contribution is 2.34. The van der Waals surface area contributed by atoms with Gasteiger partial charge in [0.25, 0.3) is 0 Å². The molecule has 0 unspecified atom stereocenters. The van der Waals surface area contributed by atoms with E-state index in [1.165, 1.54) is 18.2 Å². The first kappa shape index (κ1) is 14.2. The lowest BCUT2D eigenvalue weighted by Gasteiger charge is -2.10. The lowest BCUT2D eigenvalue weighted by molar-refractivity contribution is -0.136. The Hall–Kier alpha value is -2.24. The molecule has 106 valence electrons. The van der Waals surface area contributed by atoms with E-state index >= 15 is 0 Å². The fourth-order valence-corrected chi connectivity index (χ4v) is 1.67. The van der Waals surface area contributed by atoms with Crippen LogP contribution in [-0.2, 0) is 6.18 Å². The Morgan fingerprint density at radius 2 is 2.05 bits per heavy atom. The van der Waals surface area contributed by atoms with Crippen LogP contribution >= 0.6 is 0 Å². The summed E-state index contributed by atoms with van der Waals surface area (Å²) in [5.74, 6) is 0.308. The Labute approximate surface area is 112 Å². The summed E-state index contributed by atoms with van der Waals surface area (Å²) in [6.07, 6.45) is -4.62. The number of hydrogen-bond acceptors (Lipinski definition) is 3.